The monoisotopic (exact) mass is 494 g/mol. The summed E-state index contributed by atoms with van der Waals surface area (Å²) in [6.45, 7) is 0.279. The molecule has 2 N–H and O–H groups in total. The molecule has 0 aliphatic heterocycles. The van der Waals surface area contributed by atoms with Gasteiger partial charge >= 0.3 is 0 Å². The topological polar surface area (TPSA) is 93.7 Å². The van der Waals surface area contributed by atoms with Crippen LogP contribution in [0.4, 0.5) is 5.69 Å². The van der Waals surface area contributed by atoms with E-state index in [1.807, 2.05) is 6.07 Å². The van der Waals surface area contributed by atoms with Crippen LogP contribution in [0.1, 0.15) is 15.9 Å². The van der Waals surface area contributed by atoms with Gasteiger partial charge in [-0.2, -0.15) is 0 Å². The second-order valence-electron chi connectivity index (χ2n) is 6.63. The first-order valence-corrected chi connectivity index (χ1v) is 11.5. The molecule has 0 spiro atoms. The summed E-state index contributed by atoms with van der Waals surface area (Å²) in [5.41, 5.74) is 1.48. The Morgan fingerprint density at radius 2 is 1.59 bits per heavy atom. The lowest BCUT2D eigenvalue weighted by atomic mass is 10.1. The Hall–Kier alpha value is -2.94. The molecule has 3 rings (SSSR count). The van der Waals surface area contributed by atoms with Crippen LogP contribution in [0.3, 0.4) is 0 Å². The van der Waals surface area contributed by atoms with E-state index >= 15 is 0 Å². The Kier molecular flexibility index (Phi) is 7.50. The van der Waals surface area contributed by atoms with E-state index in [9.17, 15) is 13.2 Å². The lowest BCUT2D eigenvalue weighted by Gasteiger charge is -2.11. The molecule has 3 aromatic rings. The highest BCUT2D eigenvalue weighted by Crippen LogP contribution is 2.28. The first kappa shape index (κ1) is 23.7. The third kappa shape index (κ3) is 5.64. The van der Waals surface area contributed by atoms with Crippen molar-refractivity contribution in [3.63, 3.8) is 0 Å². The summed E-state index contributed by atoms with van der Waals surface area (Å²) >= 11 is 11.9. The van der Waals surface area contributed by atoms with Crippen molar-refractivity contribution in [2.24, 2.45) is 0 Å². The Balaban J connectivity index is 1.66. The molecule has 0 unspecified atom stereocenters. The SMILES string of the molecule is COc1ccc(CNC(=O)c2ccc(NS(=O)(=O)c3cc(Cl)ccc3Cl)cc2)cc1OC. The van der Waals surface area contributed by atoms with Crippen LogP contribution >= 0.6 is 23.2 Å². The normalized spacial score (nSPS) is 11.0. The van der Waals surface area contributed by atoms with Crippen molar-refractivity contribution in [3.05, 3.63) is 81.8 Å². The van der Waals surface area contributed by atoms with Gasteiger partial charge in [0.05, 0.1) is 19.2 Å². The van der Waals surface area contributed by atoms with Gasteiger partial charge in [0.15, 0.2) is 11.5 Å². The zero-order valence-electron chi connectivity index (χ0n) is 17.2. The fourth-order valence-corrected chi connectivity index (χ4v) is 4.68. The molecule has 1 amide bonds. The maximum Gasteiger partial charge on any atom is 0.263 e. The lowest BCUT2D eigenvalue weighted by molar-refractivity contribution is 0.0951. The second-order valence-corrected chi connectivity index (χ2v) is 9.12. The number of rotatable bonds is 8. The predicted octanol–water partition coefficient (Wildman–Crippen LogP) is 4.74. The first-order valence-electron chi connectivity index (χ1n) is 9.30. The number of anilines is 1. The fraction of sp³-hybridized carbons (Fsp3) is 0.136. The van der Waals surface area contributed by atoms with E-state index in [-0.39, 0.29) is 33.1 Å². The van der Waals surface area contributed by atoms with Crippen LogP contribution in [-0.4, -0.2) is 28.5 Å². The van der Waals surface area contributed by atoms with Crippen LogP contribution in [0.25, 0.3) is 0 Å². The highest BCUT2D eigenvalue weighted by molar-refractivity contribution is 7.92. The average Bonchev–Trinajstić information content (AvgIpc) is 2.79. The standard InChI is InChI=1S/C22H20Cl2N2O5S/c1-30-19-10-3-14(11-20(19)31-2)13-25-22(27)15-4-7-17(8-5-15)26-32(28,29)21-12-16(23)6-9-18(21)24/h3-12,26H,13H2,1-2H3,(H,25,27). The molecule has 168 valence electrons. The molecule has 0 aliphatic carbocycles. The Morgan fingerprint density at radius 1 is 0.906 bits per heavy atom. The Labute approximate surface area is 196 Å². The van der Waals surface area contributed by atoms with Crippen molar-refractivity contribution in [1.82, 2.24) is 5.32 Å². The average molecular weight is 495 g/mol. The number of hydrogen-bond donors (Lipinski definition) is 2. The number of sulfonamides is 1. The predicted molar refractivity (Wildman–Crippen MR) is 124 cm³/mol. The summed E-state index contributed by atoms with van der Waals surface area (Å²) in [5, 5.41) is 3.10. The van der Waals surface area contributed by atoms with Gasteiger partial charge in [0.25, 0.3) is 15.9 Å². The van der Waals surface area contributed by atoms with Gasteiger partial charge in [-0.25, -0.2) is 8.42 Å². The molecule has 0 atom stereocenters. The molecule has 0 bridgehead atoms. The molecule has 0 aliphatic rings. The van der Waals surface area contributed by atoms with E-state index in [1.54, 1.807) is 19.2 Å². The van der Waals surface area contributed by atoms with E-state index in [2.05, 4.69) is 10.0 Å². The number of halogens is 2. The molecule has 10 heteroatoms. The summed E-state index contributed by atoms with van der Waals surface area (Å²) in [6, 6.07) is 15.5. The molecule has 32 heavy (non-hydrogen) atoms. The summed E-state index contributed by atoms with van der Waals surface area (Å²) in [6.07, 6.45) is 0. The van der Waals surface area contributed by atoms with E-state index in [0.717, 1.165) is 5.56 Å². The molecular formula is C22H20Cl2N2O5S. The van der Waals surface area contributed by atoms with E-state index in [1.165, 1.54) is 49.6 Å². The lowest BCUT2D eigenvalue weighted by Crippen LogP contribution is -2.22. The summed E-state index contributed by atoms with van der Waals surface area (Å²) in [5.74, 6) is 0.849. The number of carbonyl (C=O) groups excluding carboxylic acids is 1. The first-order chi connectivity index (χ1) is 15.2. The summed E-state index contributed by atoms with van der Waals surface area (Å²) < 4.78 is 38.1. The van der Waals surface area contributed by atoms with Crippen molar-refractivity contribution in [2.75, 3.05) is 18.9 Å². The number of nitrogens with one attached hydrogen (secondary N) is 2. The minimum atomic E-state index is -3.95. The van der Waals surface area contributed by atoms with Gasteiger partial charge in [-0.1, -0.05) is 29.3 Å². The molecule has 3 aromatic carbocycles. The smallest absolute Gasteiger partial charge is 0.263 e. The van der Waals surface area contributed by atoms with Crippen LogP contribution in [0.2, 0.25) is 10.0 Å². The van der Waals surface area contributed by atoms with Crippen LogP contribution in [0.15, 0.2) is 65.6 Å². The van der Waals surface area contributed by atoms with Crippen molar-refractivity contribution in [2.45, 2.75) is 11.4 Å². The third-order valence-corrected chi connectivity index (χ3v) is 6.58. The summed E-state index contributed by atoms with van der Waals surface area (Å²) in [4.78, 5) is 12.3. The largest absolute Gasteiger partial charge is 0.493 e. The van der Waals surface area contributed by atoms with Crippen molar-refractivity contribution < 1.29 is 22.7 Å². The Morgan fingerprint density at radius 3 is 2.25 bits per heavy atom. The number of carbonyl (C=O) groups is 1. The fourth-order valence-electron chi connectivity index (χ4n) is 2.86. The molecule has 7 nitrogen and oxygen atoms in total. The van der Waals surface area contributed by atoms with Gasteiger partial charge in [-0.05, 0) is 60.2 Å². The van der Waals surface area contributed by atoms with Crippen molar-refractivity contribution >= 4 is 44.8 Å². The van der Waals surface area contributed by atoms with Gasteiger partial charge in [-0.15, -0.1) is 0 Å². The van der Waals surface area contributed by atoms with Gasteiger partial charge in [0.2, 0.25) is 0 Å². The van der Waals surface area contributed by atoms with Crippen LogP contribution in [-0.2, 0) is 16.6 Å². The van der Waals surface area contributed by atoms with Gasteiger partial charge < -0.3 is 14.8 Å². The maximum atomic E-state index is 12.6. The molecule has 0 fully saturated rings. The minimum absolute atomic E-state index is 0.0491. The van der Waals surface area contributed by atoms with E-state index < -0.39 is 10.0 Å². The minimum Gasteiger partial charge on any atom is -0.493 e. The molecule has 0 heterocycles. The molecular weight excluding hydrogens is 475 g/mol. The van der Waals surface area contributed by atoms with Crippen LogP contribution < -0.4 is 19.5 Å². The number of methoxy groups -OCH3 is 2. The quantitative estimate of drug-likeness (QED) is 0.471. The number of ether oxygens (including phenoxy) is 2. The van der Waals surface area contributed by atoms with E-state index in [4.69, 9.17) is 32.7 Å². The highest BCUT2D eigenvalue weighted by Gasteiger charge is 2.19. The zero-order valence-corrected chi connectivity index (χ0v) is 19.5. The molecule has 0 saturated carbocycles. The molecule has 0 aromatic heterocycles. The van der Waals surface area contributed by atoms with Crippen LogP contribution in [0, 0.1) is 0 Å². The maximum absolute atomic E-state index is 12.6. The van der Waals surface area contributed by atoms with E-state index in [0.29, 0.717) is 17.1 Å². The number of amides is 1. The van der Waals surface area contributed by atoms with Gasteiger partial charge in [-0.3, -0.25) is 9.52 Å². The number of hydrogen-bond acceptors (Lipinski definition) is 5. The zero-order chi connectivity index (χ0) is 23.3. The molecule has 0 radical (unpaired) electrons. The van der Waals surface area contributed by atoms with Gasteiger partial charge in [0.1, 0.15) is 4.90 Å². The number of benzene rings is 3. The molecule has 0 saturated heterocycles. The second kappa shape index (κ2) is 10.1. The third-order valence-electron chi connectivity index (χ3n) is 4.48. The summed E-state index contributed by atoms with van der Waals surface area (Å²) in [7, 11) is -0.861. The van der Waals surface area contributed by atoms with Crippen molar-refractivity contribution in [3.8, 4) is 11.5 Å². The van der Waals surface area contributed by atoms with Crippen LogP contribution in [0.5, 0.6) is 11.5 Å². The van der Waals surface area contributed by atoms with Gasteiger partial charge in [0, 0.05) is 22.8 Å². The highest BCUT2D eigenvalue weighted by atomic mass is 35.5. The Bertz CT molecular complexity index is 1230. The van der Waals surface area contributed by atoms with Crippen molar-refractivity contribution in [1.29, 1.82) is 0 Å².